The minimum atomic E-state index is -1.20. The van der Waals surface area contributed by atoms with Gasteiger partial charge in [-0.3, -0.25) is 5.32 Å². The van der Waals surface area contributed by atoms with Crippen LogP contribution in [0.1, 0.15) is 5.56 Å². The van der Waals surface area contributed by atoms with E-state index in [0.29, 0.717) is 0 Å². The first-order valence-corrected chi connectivity index (χ1v) is 7.77. The molecule has 21 heavy (non-hydrogen) atoms. The molecule has 0 amide bonds. The molecule has 0 saturated carbocycles. The van der Waals surface area contributed by atoms with Crippen LogP contribution in [-0.2, 0) is 4.57 Å². The molecule has 1 aliphatic rings. The Morgan fingerprint density at radius 2 is 1.76 bits per heavy atom. The van der Waals surface area contributed by atoms with Gasteiger partial charge in [0.05, 0.1) is 0 Å². The second kappa shape index (κ2) is 6.25. The van der Waals surface area contributed by atoms with Gasteiger partial charge in [0.25, 0.3) is 0 Å². The monoisotopic (exact) mass is 310 g/mol. The molecule has 7 nitrogen and oxygen atoms in total. The molecule has 0 aromatic heterocycles. The Balaban J connectivity index is 2.59. The summed E-state index contributed by atoms with van der Waals surface area (Å²) in [4.78, 5) is 4.73. The van der Waals surface area contributed by atoms with Crippen LogP contribution in [0.15, 0.2) is 35.3 Å². The van der Waals surface area contributed by atoms with Crippen molar-refractivity contribution in [2.45, 2.75) is 5.53 Å². The van der Waals surface area contributed by atoms with Crippen molar-refractivity contribution >= 4 is 14.3 Å². The Kier molecular flexibility index (Phi) is 4.81. The maximum absolute atomic E-state index is 11.9. The highest BCUT2D eigenvalue weighted by Gasteiger charge is 2.48. The quantitative estimate of drug-likeness (QED) is 0.800. The number of hydrogen-bond donors (Lipinski definition) is 1. The minimum Gasteiger partial charge on any atom is -0.324 e. The number of nitrogens with one attached hydrogen (secondary N) is 1. The van der Waals surface area contributed by atoms with Gasteiger partial charge in [-0.1, -0.05) is 35.4 Å². The van der Waals surface area contributed by atoms with E-state index in [9.17, 15) is 4.57 Å². The Labute approximate surface area is 126 Å². The molecule has 0 fully saturated rings. The molecule has 116 valence electrons. The largest absolute Gasteiger partial charge is 0.324 e. The zero-order valence-corrected chi connectivity index (χ0v) is 14.3. The molecule has 8 heteroatoms. The molecule has 0 radical (unpaired) electrons. The second-order valence-electron chi connectivity index (χ2n) is 5.17. The Bertz CT molecular complexity index is 535. The maximum atomic E-state index is 11.9. The summed E-state index contributed by atoms with van der Waals surface area (Å²) >= 11 is 0. The Hall–Kier alpha value is -1.24. The van der Waals surface area contributed by atoms with Crippen LogP contribution in [0.5, 0.6) is 0 Å². The Morgan fingerprint density at radius 3 is 2.19 bits per heavy atom. The summed E-state index contributed by atoms with van der Waals surface area (Å²) in [6.07, 6.45) is 0. The molecule has 2 rings (SSSR count). The van der Waals surface area contributed by atoms with Crippen LogP contribution in [0.3, 0.4) is 0 Å². The minimum absolute atomic E-state index is 0.756. The van der Waals surface area contributed by atoms with Crippen molar-refractivity contribution in [2.75, 3.05) is 35.2 Å². The van der Waals surface area contributed by atoms with Gasteiger partial charge >= 0.3 is 0 Å². The van der Waals surface area contributed by atoms with E-state index in [2.05, 4.69) is 5.32 Å². The molecule has 1 N–H and O–H groups in total. The van der Waals surface area contributed by atoms with Crippen molar-refractivity contribution < 1.29 is 4.57 Å². The summed E-state index contributed by atoms with van der Waals surface area (Å²) in [7, 11) is 8.24. The van der Waals surface area contributed by atoms with E-state index in [1.54, 1.807) is 7.05 Å². The van der Waals surface area contributed by atoms with Crippen LogP contribution in [-0.4, -0.2) is 66.9 Å². The van der Waals surface area contributed by atoms with Gasteiger partial charge in [-0.15, -0.1) is 0 Å². The zero-order chi connectivity index (χ0) is 15.6. The molecule has 0 spiro atoms. The van der Waals surface area contributed by atoms with Gasteiger partial charge in [0.2, 0.25) is 5.53 Å². The topological polar surface area (TPSA) is 54.4 Å². The molecule has 0 bridgehead atoms. The van der Waals surface area contributed by atoms with Crippen LogP contribution in [0.4, 0.5) is 0 Å². The molecule has 2 atom stereocenters. The Morgan fingerprint density at radius 1 is 1.14 bits per heavy atom. The van der Waals surface area contributed by atoms with Crippen molar-refractivity contribution in [1.29, 1.82) is 0 Å². The fourth-order valence-corrected chi connectivity index (χ4v) is 3.10. The van der Waals surface area contributed by atoms with E-state index in [1.807, 2.05) is 78.8 Å². The van der Waals surface area contributed by atoms with Gasteiger partial charge in [-0.25, -0.2) is 15.0 Å². The standard InChI is InChI=1S/C13H23N6OP/c1-14-13(21-20)15-12(11-9-7-6-8-10-11)18(16(2)3)19(13)17(4)5/h6-10,14H,21H2,1-5H3. The fraction of sp³-hybridized carbons (Fsp3) is 0.462. The number of hydrogen-bond acceptors (Lipinski definition) is 7. The highest BCUT2D eigenvalue weighted by molar-refractivity contribution is 7.25. The van der Waals surface area contributed by atoms with Crippen LogP contribution in [0.25, 0.3) is 0 Å². The lowest BCUT2D eigenvalue weighted by Crippen LogP contribution is -2.63. The number of rotatable bonds is 5. The molecule has 2 unspecified atom stereocenters. The van der Waals surface area contributed by atoms with Gasteiger partial charge in [-0.2, -0.15) is 5.12 Å². The smallest absolute Gasteiger partial charge is 0.249 e. The number of hydrazine groups is 3. The second-order valence-corrected chi connectivity index (χ2v) is 6.21. The van der Waals surface area contributed by atoms with Gasteiger partial charge < -0.3 is 4.57 Å². The lowest BCUT2D eigenvalue weighted by Gasteiger charge is -2.43. The number of benzene rings is 1. The van der Waals surface area contributed by atoms with Gasteiger partial charge in [0.1, 0.15) is 8.46 Å². The highest BCUT2D eigenvalue weighted by atomic mass is 31.1. The van der Waals surface area contributed by atoms with E-state index < -0.39 is 14.0 Å². The molecule has 1 aliphatic heterocycles. The third kappa shape index (κ3) is 2.75. The average Bonchev–Trinajstić information content (AvgIpc) is 2.84. The first-order chi connectivity index (χ1) is 9.96. The highest BCUT2D eigenvalue weighted by Crippen LogP contribution is 2.36. The van der Waals surface area contributed by atoms with Crippen molar-refractivity contribution in [3.8, 4) is 0 Å². The van der Waals surface area contributed by atoms with Crippen molar-refractivity contribution in [3.63, 3.8) is 0 Å². The predicted molar refractivity (Wildman–Crippen MR) is 86.2 cm³/mol. The van der Waals surface area contributed by atoms with E-state index >= 15 is 0 Å². The molecule has 0 saturated heterocycles. The van der Waals surface area contributed by atoms with Crippen molar-refractivity contribution in [1.82, 2.24) is 25.6 Å². The molecule has 1 aromatic carbocycles. The third-order valence-electron chi connectivity index (χ3n) is 3.27. The fourth-order valence-electron chi connectivity index (χ4n) is 2.37. The van der Waals surface area contributed by atoms with E-state index in [1.165, 1.54) is 0 Å². The summed E-state index contributed by atoms with van der Waals surface area (Å²) in [5.74, 6) is 0.756. The average molecular weight is 310 g/mol. The molecular weight excluding hydrogens is 287 g/mol. The number of amidine groups is 1. The van der Waals surface area contributed by atoms with Crippen LogP contribution in [0.2, 0.25) is 0 Å². The molecule has 1 aromatic rings. The number of nitrogens with zero attached hydrogens (tertiary/aromatic N) is 5. The predicted octanol–water partition coefficient (Wildman–Crippen LogP) is 0.506. The SMILES string of the molecule is CNC1([PH2]=O)N=C(c2ccccc2)N(N(C)C)N1N(C)C. The normalized spacial score (nSPS) is 23.8. The summed E-state index contributed by atoms with van der Waals surface area (Å²) < 4.78 is 11.9. The van der Waals surface area contributed by atoms with Crippen molar-refractivity contribution in [3.05, 3.63) is 35.9 Å². The summed E-state index contributed by atoms with van der Waals surface area (Å²) in [6.45, 7) is 0. The number of aliphatic imine (C=N–C) groups is 1. The van der Waals surface area contributed by atoms with Crippen LogP contribution >= 0.6 is 8.46 Å². The summed E-state index contributed by atoms with van der Waals surface area (Å²) in [5.41, 5.74) is 0.0295. The van der Waals surface area contributed by atoms with E-state index in [4.69, 9.17) is 4.99 Å². The molecule has 0 aliphatic carbocycles. The van der Waals surface area contributed by atoms with E-state index in [0.717, 1.165) is 11.4 Å². The van der Waals surface area contributed by atoms with Crippen LogP contribution < -0.4 is 5.32 Å². The third-order valence-corrected chi connectivity index (χ3v) is 4.25. The van der Waals surface area contributed by atoms with Crippen molar-refractivity contribution in [2.24, 2.45) is 4.99 Å². The summed E-state index contributed by atoms with van der Waals surface area (Å²) in [6, 6.07) is 9.89. The lowest BCUT2D eigenvalue weighted by atomic mass is 10.2. The lowest BCUT2D eigenvalue weighted by molar-refractivity contribution is -0.225. The van der Waals surface area contributed by atoms with Gasteiger partial charge in [0.15, 0.2) is 5.84 Å². The first-order valence-electron chi connectivity index (χ1n) is 6.72. The molecular formula is C13H23N6OP. The van der Waals surface area contributed by atoms with Crippen LogP contribution in [0, 0.1) is 0 Å². The first kappa shape index (κ1) is 16.1. The molecule has 1 heterocycles. The van der Waals surface area contributed by atoms with Gasteiger partial charge in [-0.05, 0) is 7.05 Å². The van der Waals surface area contributed by atoms with Gasteiger partial charge in [0, 0.05) is 33.8 Å². The van der Waals surface area contributed by atoms with E-state index in [-0.39, 0.29) is 0 Å². The summed E-state index contributed by atoms with van der Waals surface area (Å²) in [5, 5.41) is 10.7. The zero-order valence-electron chi connectivity index (χ0n) is 13.1. The maximum Gasteiger partial charge on any atom is 0.249 e.